The van der Waals surface area contributed by atoms with E-state index in [1.54, 1.807) is 17.9 Å². The number of rotatable bonds is 9. The number of piperazine rings is 1. The highest BCUT2D eigenvalue weighted by Crippen LogP contribution is 2.36. The molecule has 11 rings (SSSR count). The number of halogens is 2. The molecular weight excluding hydrogens is 803 g/mol. The van der Waals surface area contributed by atoms with Crippen molar-refractivity contribution in [2.75, 3.05) is 62.6 Å². The number of hydrogen-bond acceptors (Lipinski definition) is 11. The number of piperidine rings is 2. The molecule has 4 aromatic heterocycles. The number of ether oxygens (including phenoxy) is 1. The summed E-state index contributed by atoms with van der Waals surface area (Å²) in [5.74, 6) is 6.40. The first kappa shape index (κ1) is 40.1. The number of aromatic nitrogens is 7. The summed E-state index contributed by atoms with van der Waals surface area (Å²) in [6, 6.07) is 6.57. The fraction of sp³-hybridized carbons (Fsp3) is 0.512. The number of fused-ring (bicyclic) bond motifs is 4. The number of imidazole rings is 1. The van der Waals surface area contributed by atoms with Gasteiger partial charge >= 0.3 is 5.69 Å². The van der Waals surface area contributed by atoms with Crippen LogP contribution < -0.4 is 21.2 Å². The van der Waals surface area contributed by atoms with Crippen molar-refractivity contribution < 1.29 is 27.9 Å². The number of nitrogens with zero attached hydrogens (tertiary/aromatic N) is 10. The number of carbonyl (C=O) groups excluding carboxylic acids is 3. The van der Waals surface area contributed by atoms with Crippen LogP contribution in [-0.4, -0.2) is 126 Å². The summed E-state index contributed by atoms with van der Waals surface area (Å²) in [7, 11) is 1.68. The highest BCUT2D eigenvalue weighted by Gasteiger charge is 2.39. The first-order valence-electron chi connectivity index (χ1n) is 21.5. The van der Waals surface area contributed by atoms with Crippen molar-refractivity contribution in [3.05, 3.63) is 70.2 Å². The van der Waals surface area contributed by atoms with Gasteiger partial charge in [-0.1, -0.05) is 17.9 Å². The molecule has 2 N–H and O–H groups in total. The maximum atomic E-state index is 14.3. The van der Waals surface area contributed by atoms with Gasteiger partial charge in [-0.15, -0.1) is 0 Å². The molecule has 5 saturated heterocycles. The zero-order valence-corrected chi connectivity index (χ0v) is 34.4. The molecule has 3 atom stereocenters. The molecule has 62 heavy (non-hydrogen) atoms. The molecule has 1 aliphatic carbocycles. The van der Waals surface area contributed by atoms with Crippen LogP contribution in [0.5, 0.6) is 0 Å². The Morgan fingerprint density at radius 1 is 1.02 bits per heavy atom. The van der Waals surface area contributed by atoms with E-state index in [1.165, 1.54) is 26.0 Å². The molecule has 6 fully saturated rings. The average Bonchev–Trinajstić information content (AvgIpc) is 3.96. The van der Waals surface area contributed by atoms with E-state index >= 15 is 0 Å². The minimum atomic E-state index is -2.86. The molecule has 5 aliphatic heterocycles. The molecule has 6 aliphatic rings. The zero-order valence-electron chi connectivity index (χ0n) is 34.4. The van der Waals surface area contributed by atoms with Gasteiger partial charge in [0, 0.05) is 78.1 Å². The molecular formula is C43H48F2N12O5. The second-order valence-corrected chi connectivity index (χ2v) is 17.2. The van der Waals surface area contributed by atoms with Gasteiger partial charge in [0.25, 0.3) is 12.3 Å². The highest BCUT2D eigenvalue weighted by atomic mass is 19.3. The largest absolute Gasteiger partial charge is 0.371 e. The van der Waals surface area contributed by atoms with E-state index < -0.39 is 30.0 Å². The van der Waals surface area contributed by atoms with Crippen molar-refractivity contribution in [3.63, 3.8) is 0 Å². The molecule has 3 amide bonds. The van der Waals surface area contributed by atoms with Crippen LogP contribution in [0.2, 0.25) is 0 Å². The summed E-state index contributed by atoms with van der Waals surface area (Å²) in [6.45, 7) is 6.58. The predicted octanol–water partition coefficient (Wildman–Crippen LogP) is 3.12. The number of hydrogen-bond donors (Lipinski definition) is 2. The second kappa shape index (κ2) is 16.4. The van der Waals surface area contributed by atoms with Crippen LogP contribution in [0, 0.1) is 17.8 Å². The minimum absolute atomic E-state index is 0.00926. The Morgan fingerprint density at radius 3 is 2.52 bits per heavy atom. The number of nitrogens with one attached hydrogen (secondary N) is 2. The number of para-hydroxylation sites is 1. The predicted molar refractivity (Wildman–Crippen MR) is 223 cm³/mol. The lowest BCUT2D eigenvalue weighted by Gasteiger charge is -2.47. The lowest BCUT2D eigenvalue weighted by atomic mass is 9.85. The summed E-state index contributed by atoms with van der Waals surface area (Å²) in [4.78, 5) is 62.8. The third kappa shape index (κ3) is 7.64. The first-order valence-corrected chi connectivity index (χ1v) is 21.5. The number of alkyl halides is 2. The van der Waals surface area contributed by atoms with Crippen molar-refractivity contribution in [1.29, 1.82) is 0 Å². The van der Waals surface area contributed by atoms with E-state index in [1.807, 2.05) is 24.3 Å². The number of morpholine rings is 1. The van der Waals surface area contributed by atoms with Crippen molar-refractivity contribution in [2.45, 2.75) is 75.7 Å². The maximum absolute atomic E-state index is 14.3. The number of amides is 3. The summed E-state index contributed by atoms with van der Waals surface area (Å²) in [6.07, 6.45) is 7.20. The summed E-state index contributed by atoms with van der Waals surface area (Å²) in [5, 5.41) is 13.6. The first-order chi connectivity index (χ1) is 30.1. The van der Waals surface area contributed by atoms with Gasteiger partial charge in [0.2, 0.25) is 11.8 Å². The van der Waals surface area contributed by atoms with Crippen LogP contribution in [0.15, 0.2) is 47.7 Å². The summed E-state index contributed by atoms with van der Waals surface area (Å²) < 4.78 is 40.4. The van der Waals surface area contributed by atoms with Crippen molar-refractivity contribution >= 4 is 45.9 Å². The van der Waals surface area contributed by atoms with Crippen molar-refractivity contribution in [1.82, 2.24) is 48.6 Å². The van der Waals surface area contributed by atoms with Crippen LogP contribution in [0.4, 0.5) is 20.3 Å². The molecule has 3 unspecified atom stereocenters. The summed E-state index contributed by atoms with van der Waals surface area (Å²) >= 11 is 0. The van der Waals surface area contributed by atoms with Crippen LogP contribution in [0.3, 0.4) is 0 Å². The molecule has 0 radical (unpaired) electrons. The van der Waals surface area contributed by atoms with Crippen LogP contribution in [0.1, 0.15) is 85.1 Å². The van der Waals surface area contributed by atoms with Gasteiger partial charge in [-0.3, -0.25) is 38.4 Å². The number of carbonyl (C=O) groups is 3. The molecule has 1 aromatic carbocycles. The van der Waals surface area contributed by atoms with Crippen molar-refractivity contribution in [3.8, 4) is 11.8 Å². The molecule has 9 heterocycles. The molecule has 5 aromatic rings. The normalized spacial score (nSPS) is 24.6. The molecule has 1 saturated carbocycles. The molecule has 19 heteroatoms. The number of imide groups is 1. The lowest BCUT2D eigenvalue weighted by Crippen LogP contribution is -2.57. The Labute approximate surface area is 355 Å². The van der Waals surface area contributed by atoms with Gasteiger partial charge < -0.3 is 19.9 Å². The lowest BCUT2D eigenvalue weighted by molar-refractivity contribution is -0.135. The smallest absolute Gasteiger partial charge is 0.329 e. The van der Waals surface area contributed by atoms with Gasteiger partial charge in [0.05, 0.1) is 53.3 Å². The monoisotopic (exact) mass is 850 g/mol. The van der Waals surface area contributed by atoms with Crippen LogP contribution in [-0.2, 0) is 21.4 Å². The maximum Gasteiger partial charge on any atom is 0.329 e. The number of benzene rings is 1. The fourth-order valence-electron chi connectivity index (χ4n) is 9.88. The Bertz CT molecular complexity index is 2660. The minimum Gasteiger partial charge on any atom is -0.371 e. The Hall–Kier alpha value is -5.97. The van der Waals surface area contributed by atoms with Crippen molar-refractivity contribution in [2.24, 2.45) is 13.0 Å². The van der Waals surface area contributed by atoms with Gasteiger partial charge in [-0.25, -0.2) is 23.1 Å². The topological polar surface area (TPSA) is 169 Å². The van der Waals surface area contributed by atoms with Crippen LogP contribution in [0.25, 0.3) is 16.7 Å². The summed E-state index contributed by atoms with van der Waals surface area (Å²) in [5.41, 5.74) is 1.74. The SMILES string of the molecule is Cn1c(=O)n(C2CCC(=O)NC2=O)c2cccc(C#CCN3CCN(C[C@H]4CC[C@H](n5cc(NC(=O)c6cnn7ccc(N8CC9CC(C8)O9)nc67)c(C(F)F)n5)CC4)CC3)c21. The molecule has 2 bridgehead atoms. The van der Waals surface area contributed by atoms with E-state index in [2.05, 4.69) is 47.4 Å². The number of aryl methyl sites for hydroxylation is 1. The Morgan fingerprint density at radius 2 is 1.77 bits per heavy atom. The van der Waals surface area contributed by atoms with E-state index in [0.29, 0.717) is 34.7 Å². The molecule has 324 valence electrons. The van der Waals surface area contributed by atoms with E-state index in [4.69, 9.17) is 9.72 Å². The standard InChI is InChI=1S/C43H48F2N12O5/c1-51-38-27(4-2-6-33(38)57(43(51)61)34-11-12-36(58)49-42(34)60)5-3-14-52-16-18-53(19-17-52)22-26-7-9-28(10-8-26)56-25-32(37(50-56)39(44)45)47-41(59)31-21-46-55-15-13-35(48-40(31)55)54-23-29-20-30(24-54)62-29/h2,4,6,13,15,21,25-26,28-30,34,39H,7-12,14,16-20,22-24H2,1H3,(H,47,59)(H,49,58,60)/t26-,28-,29?,30?,34?. The van der Waals surface area contributed by atoms with Gasteiger partial charge in [-0.05, 0) is 56.2 Å². The van der Waals surface area contributed by atoms with E-state index in [-0.39, 0.29) is 53.9 Å². The van der Waals surface area contributed by atoms with Gasteiger partial charge in [-0.2, -0.15) is 10.2 Å². The average molecular weight is 851 g/mol. The fourth-order valence-corrected chi connectivity index (χ4v) is 9.88. The van der Waals surface area contributed by atoms with Gasteiger partial charge in [0.1, 0.15) is 17.4 Å². The number of anilines is 2. The van der Waals surface area contributed by atoms with E-state index in [0.717, 1.165) is 83.7 Å². The molecule has 17 nitrogen and oxygen atoms in total. The quantitative estimate of drug-likeness (QED) is 0.165. The third-order valence-corrected chi connectivity index (χ3v) is 13.2. The molecule has 0 spiro atoms. The third-order valence-electron chi connectivity index (χ3n) is 13.2. The Kier molecular flexibility index (Phi) is 10.6. The Balaban J connectivity index is 0.716. The second-order valence-electron chi connectivity index (χ2n) is 17.2. The van der Waals surface area contributed by atoms with E-state index in [9.17, 15) is 28.0 Å². The van der Waals surface area contributed by atoms with Gasteiger partial charge in [0.15, 0.2) is 11.3 Å². The highest BCUT2D eigenvalue weighted by molar-refractivity contribution is 6.08. The van der Waals surface area contributed by atoms with Crippen LogP contribution >= 0.6 is 0 Å². The zero-order chi connectivity index (χ0) is 42.6.